The first kappa shape index (κ1) is 16.1. The molecule has 0 aromatic carbocycles. The normalized spacial score (nSPS) is 10.2. The fourth-order valence-corrected chi connectivity index (χ4v) is 2.42. The summed E-state index contributed by atoms with van der Waals surface area (Å²) in [5.74, 6) is -1.94. The van der Waals surface area contributed by atoms with Gasteiger partial charge in [-0.05, 0) is 25.4 Å². The summed E-state index contributed by atoms with van der Waals surface area (Å²) in [6.45, 7) is 3.52. The van der Waals surface area contributed by atoms with Gasteiger partial charge in [-0.25, -0.2) is 4.79 Å². The van der Waals surface area contributed by atoms with Gasteiger partial charge in [-0.15, -0.1) is 0 Å². The minimum atomic E-state index is -1.13. The summed E-state index contributed by atoms with van der Waals surface area (Å²) < 4.78 is 8.67. The van der Waals surface area contributed by atoms with Crippen molar-refractivity contribution in [3.63, 3.8) is 0 Å². The zero-order valence-electron chi connectivity index (χ0n) is 11.5. The molecular weight excluding hydrogens is 284 g/mol. The first-order valence-electron chi connectivity index (χ1n) is 6.00. The van der Waals surface area contributed by atoms with Crippen molar-refractivity contribution in [2.45, 2.75) is 26.7 Å². The second kappa shape index (κ2) is 6.99. The number of carboxylic acid groups (broad SMARTS) is 1. The van der Waals surface area contributed by atoms with Crippen LogP contribution in [-0.2, 0) is 14.3 Å². The second-order valence-electron chi connectivity index (χ2n) is 4.01. The lowest BCUT2D eigenvalue weighted by molar-refractivity contribution is -0.144. The zero-order chi connectivity index (χ0) is 15.3. The van der Waals surface area contributed by atoms with E-state index < -0.39 is 11.9 Å². The Morgan fingerprint density at radius 2 is 2.00 bits per heavy atom. The molecule has 0 aliphatic heterocycles. The number of aryl methyl sites for hydroxylation is 1. The third kappa shape index (κ3) is 3.77. The van der Waals surface area contributed by atoms with Crippen molar-refractivity contribution in [3.05, 3.63) is 11.3 Å². The Bertz CT molecular complexity index is 526. The highest BCUT2D eigenvalue weighted by Gasteiger charge is 2.24. The van der Waals surface area contributed by atoms with E-state index in [1.807, 2.05) is 0 Å². The number of carbonyl (C=O) groups is 3. The molecule has 1 rings (SSSR count). The molecule has 0 atom stereocenters. The quantitative estimate of drug-likeness (QED) is 0.799. The minimum Gasteiger partial charge on any atom is -0.478 e. The van der Waals surface area contributed by atoms with Crippen molar-refractivity contribution in [3.8, 4) is 0 Å². The molecule has 0 saturated carbocycles. The van der Waals surface area contributed by atoms with Gasteiger partial charge in [-0.2, -0.15) is 4.37 Å². The highest BCUT2D eigenvalue weighted by Crippen LogP contribution is 2.28. The monoisotopic (exact) mass is 300 g/mol. The number of aromatic carboxylic acids is 1. The maximum Gasteiger partial charge on any atom is 0.340 e. The number of hydrogen-bond donors (Lipinski definition) is 1. The molecular formula is C12H16N2O5S. The standard InChI is InChI=1S/C12H16N2O5S/c1-4-19-9(16)6-5-8(15)14(3)11-10(12(17)18)7(2)13-20-11/h4-6H2,1-3H3,(H,17,18). The first-order chi connectivity index (χ1) is 9.38. The third-order valence-electron chi connectivity index (χ3n) is 2.59. The van der Waals surface area contributed by atoms with Crippen LogP contribution in [0.25, 0.3) is 0 Å². The summed E-state index contributed by atoms with van der Waals surface area (Å²) in [7, 11) is 1.47. The van der Waals surface area contributed by atoms with E-state index in [4.69, 9.17) is 9.84 Å². The topological polar surface area (TPSA) is 96.8 Å². The Hall–Kier alpha value is -1.96. The molecule has 7 nitrogen and oxygen atoms in total. The van der Waals surface area contributed by atoms with Crippen molar-refractivity contribution in [2.75, 3.05) is 18.6 Å². The Morgan fingerprint density at radius 1 is 1.35 bits per heavy atom. The molecule has 0 saturated heterocycles. The van der Waals surface area contributed by atoms with Crippen molar-refractivity contribution in [1.82, 2.24) is 4.37 Å². The number of esters is 1. The Labute approximate surface area is 120 Å². The Morgan fingerprint density at radius 3 is 2.55 bits per heavy atom. The van der Waals surface area contributed by atoms with Gasteiger partial charge >= 0.3 is 11.9 Å². The van der Waals surface area contributed by atoms with Gasteiger partial charge in [0.25, 0.3) is 0 Å². The van der Waals surface area contributed by atoms with Crippen molar-refractivity contribution < 1.29 is 24.2 Å². The number of carbonyl (C=O) groups excluding carboxylic acids is 2. The van der Waals surface area contributed by atoms with Gasteiger partial charge in [0.1, 0.15) is 10.6 Å². The number of ether oxygens (including phenoxy) is 1. The number of anilines is 1. The van der Waals surface area contributed by atoms with Crippen LogP contribution in [0.5, 0.6) is 0 Å². The maximum absolute atomic E-state index is 11.9. The van der Waals surface area contributed by atoms with E-state index in [0.29, 0.717) is 5.69 Å². The van der Waals surface area contributed by atoms with E-state index in [1.54, 1.807) is 13.8 Å². The smallest absolute Gasteiger partial charge is 0.340 e. The summed E-state index contributed by atoms with van der Waals surface area (Å²) in [4.78, 5) is 35.5. The molecule has 1 aromatic heterocycles. The van der Waals surface area contributed by atoms with Gasteiger partial charge < -0.3 is 14.7 Å². The fraction of sp³-hybridized carbons (Fsp3) is 0.500. The average Bonchev–Trinajstić information content (AvgIpc) is 2.77. The molecule has 110 valence electrons. The fourth-order valence-electron chi connectivity index (χ4n) is 1.56. The van der Waals surface area contributed by atoms with Crippen LogP contribution >= 0.6 is 11.5 Å². The SMILES string of the molecule is CCOC(=O)CCC(=O)N(C)c1snc(C)c1C(=O)O. The lowest BCUT2D eigenvalue weighted by Crippen LogP contribution is -2.27. The highest BCUT2D eigenvalue weighted by atomic mass is 32.1. The molecule has 8 heteroatoms. The lowest BCUT2D eigenvalue weighted by atomic mass is 10.2. The van der Waals surface area contributed by atoms with Crippen LogP contribution in [-0.4, -0.2) is 41.0 Å². The van der Waals surface area contributed by atoms with Crippen LogP contribution < -0.4 is 4.90 Å². The zero-order valence-corrected chi connectivity index (χ0v) is 12.3. The summed E-state index contributed by atoms with van der Waals surface area (Å²) in [6, 6.07) is 0. The molecule has 1 heterocycles. The molecule has 1 aromatic rings. The summed E-state index contributed by atoms with van der Waals surface area (Å²) in [6.07, 6.45) is -0.0669. The Balaban J connectivity index is 2.75. The molecule has 0 aliphatic rings. The van der Waals surface area contributed by atoms with Crippen molar-refractivity contribution in [2.24, 2.45) is 0 Å². The molecule has 1 amide bonds. The van der Waals surface area contributed by atoms with Crippen LogP contribution in [0.3, 0.4) is 0 Å². The first-order valence-corrected chi connectivity index (χ1v) is 6.77. The van der Waals surface area contributed by atoms with E-state index in [9.17, 15) is 14.4 Å². The largest absolute Gasteiger partial charge is 0.478 e. The van der Waals surface area contributed by atoms with Crippen LogP contribution in [0.2, 0.25) is 0 Å². The van der Waals surface area contributed by atoms with Gasteiger partial charge in [0.05, 0.1) is 18.7 Å². The predicted octanol–water partition coefficient (Wildman–Crippen LogP) is 1.46. The lowest BCUT2D eigenvalue weighted by Gasteiger charge is -2.15. The van der Waals surface area contributed by atoms with Crippen LogP contribution in [0.1, 0.15) is 35.8 Å². The summed E-state index contributed by atoms with van der Waals surface area (Å²) in [5, 5.41) is 9.38. The molecule has 0 unspecified atom stereocenters. The van der Waals surface area contributed by atoms with E-state index >= 15 is 0 Å². The maximum atomic E-state index is 11.9. The molecule has 0 radical (unpaired) electrons. The molecule has 0 bridgehead atoms. The van der Waals surface area contributed by atoms with E-state index in [1.165, 1.54) is 11.9 Å². The second-order valence-corrected chi connectivity index (χ2v) is 4.76. The van der Waals surface area contributed by atoms with Gasteiger partial charge in [0, 0.05) is 13.5 Å². The number of carboxylic acids is 1. The predicted molar refractivity (Wildman–Crippen MR) is 73.1 cm³/mol. The van der Waals surface area contributed by atoms with E-state index in [-0.39, 0.29) is 35.9 Å². The van der Waals surface area contributed by atoms with Crippen molar-refractivity contribution in [1.29, 1.82) is 0 Å². The van der Waals surface area contributed by atoms with Crippen LogP contribution in [0, 0.1) is 6.92 Å². The number of aromatic nitrogens is 1. The molecule has 20 heavy (non-hydrogen) atoms. The minimum absolute atomic E-state index is 0.0157. The van der Waals surface area contributed by atoms with Gasteiger partial charge in [-0.1, -0.05) is 0 Å². The van der Waals surface area contributed by atoms with E-state index in [0.717, 1.165) is 11.5 Å². The number of amides is 1. The number of nitrogens with zero attached hydrogens (tertiary/aromatic N) is 2. The van der Waals surface area contributed by atoms with Gasteiger partial charge in [0.2, 0.25) is 5.91 Å². The average molecular weight is 300 g/mol. The summed E-state index contributed by atoms with van der Waals surface area (Å²) in [5.41, 5.74) is 0.379. The third-order valence-corrected chi connectivity index (χ3v) is 3.60. The molecule has 0 spiro atoms. The number of hydrogen-bond acceptors (Lipinski definition) is 6. The molecule has 0 fully saturated rings. The summed E-state index contributed by atoms with van der Waals surface area (Å²) >= 11 is 0.944. The van der Waals surface area contributed by atoms with Crippen molar-refractivity contribution >= 4 is 34.4 Å². The van der Waals surface area contributed by atoms with Gasteiger partial charge in [0.15, 0.2) is 0 Å². The highest BCUT2D eigenvalue weighted by molar-refractivity contribution is 7.11. The Kier molecular flexibility index (Phi) is 5.63. The number of rotatable bonds is 6. The molecule has 1 N–H and O–H groups in total. The van der Waals surface area contributed by atoms with Crippen LogP contribution in [0.4, 0.5) is 5.00 Å². The van der Waals surface area contributed by atoms with Gasteiger partial charge in [-0.3, -0.25) is 9.59 Å². The molecule has 0 aliphatic carbocycles. The van der Waals surface area contributed by atoms with Crippen LogP contribution in [0.15, 0.2) is 0 Å². The van der Waals surface area contributed by atoms with E-state index in [2.05, 4.69) is 4.37 Å².